The maximum Gasteiger partial charge on any atom is 0.260 e. The molecule has 0 atom stereocenters. The summed E-state index contributed by atoms with van der Waals surface area (Å²) in [5.41, 5.74) is 4.97. The molecule has 0 amide bonds. The van der Waals surface area contributed by atoms with Crippen LogP contribution in [0.3, 0.4) is 0 Å². The molecule has 4 rings (SSSR count). The Balaban J connectivity index is 1.92. The fourth-order valence-corrected chi connectivity index (χ4v) is 4.02. The number of benzene rings is 2. The summed E-state index contributed by atoms with van der Waals surface area (Å²) in [5.74, 6) is 0.497. The lowest BCUT2D eigenvalue weighted by Gasteiger charge is -2.06. The summed E-state index contributed by atoms with van der Waals surface area (Å²) < 4.78 is 0. The molecular weight excluding hydrogens is 352 g/mol. The molecule has 3 nitrogen and oxygen atoms in total. The molecule has 0 radical (unpaired) electrons. The molecule has 1 N–H and O–H groups in total. The number of thiophene rings is 1. The van der Waals surface area contributed by atoms with Crippen LogP contribution in [0.4, 0.5) is 0 Å². The van der Waals surface area contributed by atoms with E-state index in [1.165, 1.54) is 22.5 Å². The average Bonchev–Trinajstić information content (AvgIpc) is 3.02. The normalized spacial score (nSPS) is 11.2. The van der Waals surface area contributed by atoms with Gasteiger partial charge in [-0.15, -0.1) is 11.3 Å². The van der Waals surface area contributed by atoms with Crippen molar-refractivity contribution in [2.24, 2.45) is 0 Å². The summed E-state index contributed by atoms with van der Waals surface area (Å²) in [6.07, 6.45) is 0. The molecule has 0 aliphatic heterocycles. The fourth-order valence-electron chi connectivity index (χ4n) is 2.85. The first kappa shape index (κ1) is 16.1. The van der Waals surface area contributed by atoms with E-state index in [9.17, 15) is 4.79 Å². The number of aromatic nitrogens is 2. The van der Waals surface area contributed by atoms with E-state index >= 15 is 0 Å². The van der Waals surface area contributed by atoms with Crippen molar-refractivity contribution in [3.05, 3.63) is 74.3 Å². The second-order valence-electron chi connectivity index (χ2n) is 6.02. The number of nitrogens with zero attached hydrogens (tertiary/aromatic N) is 1. The first-order chi connectivity index (χ1) is 12.0. The zero-order valence-corrected chi connectivity index (χ0v) is 15.3. The number of halogens is 1. The highest BCUT2D eigenvalue weighted by Crippen LogP contribution is 2.33. The molecule has 0 saturated carbocycles. The molecule has 5 heteroatoms. The second kappa shape index (κ2) is 6.14. The zero-order chi connectivity index (χ0) is 17.6. The summed E-state index contributed by atoms with van der Waals surface area (Å²) >= 11 is 7.71. The van der Waals surface area contributed by atoms with Gasteiger partial charge in [0.2, 0.25) is 0 Å². The van der Waals surface area contributed by atoms with Gasteiger partial charge >= 0.3 is 0 Å². The Kier molecular flexibility index (Phi) is 3.94. The number of hydrogen-bond donors (Lipinski definition) is 1. The van der Waals surface area contributed by atoms with Gasteiger partial charge in [0, 0.05) is 16.5 Å². The first-order valence-corrected chi connectivity index (χ1v) is 9.14. The average molecular weight is 367 g/mol. The van der Waals surface area contributed by atoms with Gasteiger partial charge in [-0.25, -0.2) is 4.98 Å². The molecule has 4 aromatic rings. The van der Waals surface area contributed by atoms with Crippen LogP contribution >= 0.6 is 22.9 Å². The van der Waals surface area contributed by atoms with E-state index in [1.54, 1.807) is 6.07 Å². The van der Waals surface area contributed by atoms with E-state index < -0.39 is 0 Å². The van der Waals surface area contributed by atoms with Crippen LogP contribution in [0.15, 0.2) is 52.6 Å². The SMILES string of the molecule is Cc1ccc(-c2csc3nc(-c4ccccc4Cl)[nH]c(=O)c23)cc1C. The van der Waals surface area contributed by atoms with Gasteiger partial charge in [-0.2, -0.15) is 0 Å². The smallest absolute Gasteiger partial charge is 0.260 e. The Hall–Kier alpha value is -2.43. The summed E-state index contributed by atoms with van der Waals surface area (Å²) in [6, 6.07) is 13.6. The number of hydrogen-bond acceptors (Lipinski definition) is 3. The quantitative estimate of drug-likeness (QED) is 0.502. The molecular formula is C20H15ClN2OS. The van der Waals surface area contributed by atoms with Crippen LogP contribution in [-0.2, 0) is 0 Å². The summed E-state index contributed by atoms with van der Waals surface area (Å²) in [5, 5.41) is 3.19. The highest BCUT2D eigenvalue weighted by Gasteiger charge is 2.15. The lowest BCUT2D eigenvalue weighted by atomic mass is 10.0. The molecule has 0 saturated heterocycles. The highest BCUT2D eigenvalue weighted by atomic mass is 35.5. The van der Waals surface area contributed by atoms with Gasteiger partial charge in [0.15, 0.2) is 0 Å². The predicted molar refractivity (Wildman–Crippen MR) is 106 cm³/mol. The van der Waals surface area contributed by atoms with Crippen molar-refractivity contribution in [3.63, 3.8) is 0 Å². The first-order valence-electron chi connectivity index (χ1n) is 7.88. The van der Waals surface area contributed by atoms with Crippen molar-refractivity contribution in [2.45, 2.75) is 13.8 Å². The molecule has 25 heavy (non-hydrogen) atoms. The van der Waals surface area contributed by atoms with Crippen LogP contribution < -0.4 is 5.56 Å². The molecule has 0 spiro atoms. The molecule has 2 heterocycles. The van der Waals surface area contributed by atoms with Crippen LogP contribution in [0, 0.1) is 13.8 Å². The zero-order valence-electron chi connectivity index (χ0n) is 13.8. The Labute approximate surface area is 154 Å². The standard InChI is InChI=1S/C20H15ClN2OS/c1-11-7-8-13(9-12(11)2)15-10-25-20-17(15)19(24)22-18(23-20)14-5-3-4-6-16(14)21/h3-10H,1-2H3,(H,22,23,24). The van der Waals surface area contributed by atoms with Crippen LogP contribution in [-0.4, -0.2) is 9.97 Å². The van der Waals surface area contributed by atoms with Crippen molar-refractivity contribution in [1.82, 2.24) is 9.97 Å². The van der Waals surface area contributed by atoms with Gasteiger partial charge < -0.3 is 4.98 Å². The van der Waals surface area contributed by atoms with Gasteiger partial charge in [-0.05, 0) is 42.7 Å². The summed E-state index contributed by atoms with van der Waals surface area (Å²) in [4.78, 5) is 21.0. The van der Waals surface area contributed by atoms with E-state index in [-0.39, 0.29) is 5.56 Å². The lowest BCUT2D eigenvalue weighted by Crippen LogP contribution is -2.09. The Bertz CT molecular complexity index is 1160. The number of rotatable bonds is 2. The fraction of sp³-hybridized carbons (Fsp3) is 0.100. The highest BCUT2D eigenvalue weighted by molar-refractivity contribution is 7.17. The molecule has 124 valence electrons. The molecule has 2 aromatic heterocycles. The van der Waals surface area contributed by atoms with Crippen molar-refractivity contribution < 1.29 is 0 Å². The van der Waals surface area contributed by atoms with E-state index in [1.807, 2.05) is 29.6 Å². The molecule has 0 bridgehead atoms. The van der Waals surface area contributed by atoms with Gasteiger partial charge in [0.1, 0.15) is 10.7 Å². The van der Waals surface area contributed by atoms with Crippen LogP contribution in [0.2, 0.25) is 5.02 Å². The predicted octanol–water partition coefficient (Wildman–Crippen LogP) is 5.59. The lowest BCUT2D eigenvalue weighted by molar-refractivity contribution is 1.19. The van der Waals surface area contributed by atoms with Crippen molar-refractivity contribution in [1.29, 1.82) is 0 Å². The minimum Gasteiger partial charge on any atom is -0.306 e. The minimum atomic E-state index is -0.144. The molecule has 0 unspecified atom stereocenters. The van der Waals surface area contributed by atoms with Crippen molar-refractivity contribution in [3.8, 4) is 22.5 Å². The number of aryl methyl sites for hydroxylation is 2. The number of fused-ring (bicyclic) bond motifs is 1. The van der Waals surface area contributed by atoms with Crippen molar-refractivity contribution in [2.75, 3.05) is 0 Å². The molecule has 0 aliphatic carbocycles. The van der Waals surface area contributed by atoms with Gasteiger partial charge in [-0.1, -0.05) is 41.9 Å². The van der Waals surface area contributed by atoms with Crippen LogP contribution in [0.1, 0.15) is 11.1 Å². The second-order valence-corrected chi connectivity index (χ2v) is 7.29. The van der Waals surface area contributed by atoms with E-state index in [0.717, 1.165) is 16.7 Å². The summed E-state index contributed by atoms with van der Waals surface area (Å²) in [6.45, 7) is 4.15. The maximum absolute atomic E-state index is 12.8. The van der Waals surface area contributed by atoms with Gasteiger partial charge in [0.25, 0.3) is 5.56 Å². The third-order valence-corrected chi connectivity index (χ3v) is 5.59. The van der Waals surface area contributed by atoms with E-state index in [4.69, 9.17) is 11.6 Å². The maximum atomic E-state index is 12.8. The number of aromatic amines is 1. The topological polar surface area (TPSA) is 45.8 Å². The van der Waals surface area contributed by atoms with Gasteiger partial charge in [-0.3, -0.25) is 4.79 Å². The van der Waals surface area contributed by atoms with Crippen molar-refractivity contribution >= 4 is 33.2 Å². The Morgan fingerprint density at radius 3 is 2.60 bits per heavy atom. The largest absolute Gasteiger partial charge is 0.306 e. The number of nitrogens with one attached hydrogen (secondary N) is 1. The molecule has 0 fully saturated rings. The third kappa shape index (κ3) is 2.77. The minimum absolute atomic E-state index is 0.144. The third-order valence-electron chi connectivity index (χ3n) is 4.39. The number of H-pyrrole nitrogens is 1. The van der Waals surface area contributed by atoms with Crippen LogP contribution in [0.5, 0.6) is 0 Å². The van der Waals surface area contributed by atoms with E-state index in [0.29, 0.717) is 21.1 Å². The Morgan fingerprint density at radius 2 is 1.84 bits per heavy atom. The molecule has 2 aromatic carbocycles. The monoisotopic (exact) mass is 366 g/mol. The van der Waals surface area contributed by atoms with Crippen LogP contribution in [0.25, 0.3) is 32.7 Å². The van der Waals surface area contributed by atoms with E-state index in [2.05, 4.69) is 35.9 Å². The Morgan fingerprint density at radius 1 is 1.04 bits per heavy atom. The van der Waals surface area contributed by atoms with Gasteiger partial charge in [0.05, 0.1) is 10.4 Å². The molecule has 0 aliphatic rings. The summed E-state index contributed by atoms with van der Waals surface area (Å²) in [7, 11) is 0.